The van der Waals surface area contributed by atoms with Gasteiger partial charge in [0.25, 0.3) is 10.1 Å². The van der Waals surface area contributed by atoms with Crippen LogP contribution in [-0.4, -0.2) is 22.8 Å². The van der Waals surface area contributed by atoms with Gasteiger partial charge in [-0.1, -0.05) is 19.1 Å². The van der Waals surface area contributed by atoms with Gasteiger partial charge in [0.15, 0.2) is 0 Å². The summed E-state index contributed by atoms with van der Waals surface area (Å²) < 4.78 is 29.6. The smallest absolute Gasteiger partial charge is 0.274 e. The molecule has 0 radical (unpaired) electrons. The van der Waals surface area contributed by atoms with Crippen molar-refractivity contribution < 1.29 is 18.1 Å². The molecule has 0 aromatic carbocycles. The summed E-state index contributed by atoms with van der Waals surface area (Å²) in [4.78, 5) is 0. The van der Waals surface area contributed by atoms with Gasteiger partial charge in [0.2, 0.25) is 0 Å². The third-order valence-electron chi connectivity index (χ3n) is 2.55. The van der Waals surface area contributed by atoms with Crippen LogP contribution >= 0.6 is 0 Å². The maximum atomic E-state index is 11.0. The average Bonchev–Trinajstić information content (AvgIpc) is 1.98. The first kappa shape index (κ1) is 10.3. The van der Waals surface area contributed by atoms with Crippen molar-refractivity contribution in [1.82, 2.24) is 0 Å². The first-order valence-corrected chi connectivity index (χ1v) is 5.28. The van der Waals surface area contributed by atoms with Gasteiger partial charge in [0.1, 0.15) is 4.75 Å². The largest absolute Gasteiger partial charge is 0.512 e. The number of rotatable bonds is 1. The van der Waals surface area contributed by atoms with Crippen molar-refractivity contribution in [1.29, 1.82) is 0 Å². The third kappa shape index (κ3) is 1.49. The summed E-state index contributed by atoms with van der Waals surface area (Å²) in [6, 6.07) is 0. The van der Waals surface area contributed by atoms with Crippen molar-refractivity contribution in [2.45, 2.75) is 18.6 Å². The first-order valence-electron chi connectivity index (χ1n) is 3.84. The molecule has 2 unspecified atom stereocenters. The first-order chi connectivity index (χ1) is 5.79. The van der Waals surface area contributed by atoms with E-state index in [0.717, 1.165) is 0 Å². The van der Waals surface area contributed by atoms with Crippen LogP contribution in [0.4, 0.5) is 0 Å². The topological polar surface area (TPSA) is 74.6 Å². The van der Waals surface area contributed by atoms with E-state index in [-0.39, 0.29) is 5.76 Å². The quantitative estimate of drug-likeness (QED) is 0.631. The molecule has 2 N–H and O–H groups in total. The second kappa shape index (κ2) is 2.85. The monoisotopic (exact) mass is 204 g/mol. The van der Waals surface area contributed by atoms with Gasteiger partial charge >= 0.3 is 0 Å². The van der Waals surface area contributed by atoms with Gasteiger partial charge in [-0.15, -0.1) is 0 Å². The van der Waals surface area contributed by atoms with E-state index >= 15 is 0 Å². The standard InChI is InChI=1S/C8H12O4S/c1-6-7(9)4-3-5-8(6,2)13(10,11)12/h3-6,9H,1-2H3,(H,10,11,12). The Balaban J connectivity index is 3.23. The normalized spacial score (nSPS) is 34.4. The molecule has 0 spiro atoms. The Kier molecular flexibility index (Phi) is 2.25. The summed E-state index contributed by atoms with van der Waals surface area (Å²) in [5, 5.41) is 9.31. The van der Waals surface area contributed by atoms with Crippen LogP contribution in [-0.2, 0) is 10.1 Å². The molecule has 0 fully saturated rings. The Morgan fingerprint density at radius 3 is 2.46 bits per heavy atom. The van der Waals surface area contributed by atoms with E-state index in [1.54, 1.807) is 6.92 Å². The van der Waals surface area contributed by atoms with Gasteiger partial charge in [-0.25, -0.2) is 0 Å². The highest BCUT2D eigenvalue weighted by Crippen LogP contribution is 2.34. The summed E-state index contributed by atoms with van der Waals surface area (Å²) in [5.41, 5.74) is 0. The Hall–Kier alpha value is -0.810. The van der Waals surface area contributed by atoms with Gasteiger partial charge < -0.3 is 5.11 Å². The fourth-order valence-corrected chi connectivity index (χ4v) is 2.05. The van der Waals surface area contributed by atoms with Gasteiger partial charge in [-0.05, 0) is 13.0 Å². The van der Waals surface area contributed by atoms with E-state index in [1.807, 2.05) is 0 Å². The summed E-state index contributed by atoms with van der Waals surface area (Å²) in [5.74, 6) is -0.671. The number of aliphatic hydroxyl groups excluding tert-OH is 1. The van der Waals surface area contributed by atoms with Crippen molar-refractivity contribution >= 4 is 10.1 Å². The second-order valence-corrected chi connectivity index (χ2v) is 5.16. The molecule has 0 bridgehead atoms. The maximum Gasteiger partial charge on any atom is 0.274 e. The lowest BCUT2D eigenvalue weighted by atomic mass is 9.89. The Morgan fingerprint density at radius 2 is 2.08 bits per heavy atom. The Bertz CT molecular complexity index is 366. The minimum absolute atomic E-state index is 0.0392. The number of hydrogen-bond acceptors (Lipinski definition) is 3. The molecule has 0 aliphatic heterocycles. The molecule has 13 heavy (non-hydrogen) atoms. The fraction of sp³-hybridized carbons (Fsp3) is 0.500. The van der Waals surface area contributed by atoms with Crippen molar-refractivity contribution in [2.24, 2.45) is 5.92 Å². The number of aliphatic hydroxyl groups is 1. The predicted molar refractivity (Wildman–Crippen MR) is 49.0 cm³/mol. The zero-order chi connectivity index (χ0) is 10.3. The molecular formula is C8H12O4S. The third-order valence-corrected chi connectivity index (χ3v) is 4.15. The molecule has 1 aliphatic rings. The maximum absolute atomic E-state index is 11.0. The van der Waals surface area contributed by atoms with Gasteiger partial charge in [0.05, 0.1) is 5.76 Å². The van der Waals surface area contributed by atoms with Gasteiger partial charge in [-0.3, -0.25) is 4.55 Å². The van der Waals surface area contributed by atoms with E-state index in [2.05, 4.69) is 0 Å². The van der Waals surface area contributed by atoms with Crippen LogP contribution in [0, 0.1) is 5.92 Å². The fourth-order valence-electron chi connectivity index (χ4n) is 1.23. The average molecular weight is 204 g/mol. The number of hydrogen-bond donors (Lipinski definition) is 2. The van der Waals surface area contributed by atoms with Crippen molar-refractivity contribution in [3.63, 3.8) is 0 Å². The lowest BCUT2D eigenvalue weighted by molar-refractivity contribution is 0.303. The van der Waals surface area contributed by atoms with Crippen LogP contribution < -0.4 is 0 Å². The molecular weight excluding hydrogens is 192 g/mol. The molecule has 1 rings (SSSR count). The predicted octanol–water partition coefficient (Wildman–Crippen LogP) is 1.28. The van der Waals surface area contributed by atoms with E-state index in [0.29, 0.717) is 0 Å². The Labute approximate surface area is 77.3 Å². The van der Waals surface area contributed by atoms with Crippen molar-refractivity contribution in [3.05, 3.63) is 24.0 Å². The van der Waals surface area contributed by atoms with Crippen molar-refractivity contribution in [2.75, 3.05) is 0 Å². The molecule has 74 valence electrons. The van der Waals surface area contributed by atoms with E-state index in [9.17, 15) is 13.5 Å². The van der Waals surface area contributed by atoms with Crippen LogP contribution in [0.1, 0.15) is 13.8 Å². The highest BCUT2D eigenvalue weighted by Gasteiger charge is 2.43. The molecule has 0 heterocycles. The molecule has 0 aromatic heterocycles. The highest BCUT2D eigenvalue weighted by molar-refractivity contribution is 7.87. The summed E-state index contributed by atoms with van der Waals surface area (Å²) in [7, 11) is -4.20. The molecule has 1 aliphatic carbocycles. The lowest BCUT2D eigenvalue weighted by Crippen LogP contribution is -2.41. The van der Waals surface area contributed by atoms with Crippen molar-refractivity contribution in [3.8, 4) is 0 Å². The minimum atomic E-state index is -4.20. The Morgan fingerprint density at radius 1 is 1.54 bits per heavy atom. The van der Waals surface area contributed by atoms with Gasteiger partial charge in [-0.2, -0.15) is 8.42 Å². The van der Waals surface area contributed by atoms with Crippen LogP contribution in [0.2, 0.25) is 0 Å². The summed E-state index contributed by atoms with van der Waals surface area (Å²) >= 11 is 0. The van der Waals surface area contributed by atoms with Gasteiger partial charge in [0, 0.05) is 5.92 Å². The van der Waals surface area contributed by atoms with E-state index < -0.39 is 20.8 Å². The lowest BCUT2D eigenvalue weighted by Gasteiger charge is -2.30. The molecule has 0 aromatic rings. The zero-order valence-corrected chi connectivity index (χ0v) is 8.25. The SMILES string of the molecule is CC1C(O)=CC=CC1(C)S(=O)(=O)O. The molecule has 2 atom stereocenters. The molecule has 4 nitrogen and oxygen atoms in total. The summed E-state index contributed by atoms with van der Waals surface area (Å²) in [6.45, 7) is 2.91. The van der Waals surface area contributed by atoms with Crippen LogP contribution in [0.15, 0.2) is 24.0 Å². The highest BCUT2D eigenvalue weighted by atomic mass is 32.2. The van der Waals surface area contributed by atoms with E-state index in [1.165, 1.54) is 25.2 Å². The molecule has 0 amide bonds. The van der Waals surface area contributed by atoms with Crippen LogP contribution in [0.25, 0.3) is 0 Å². The zero-order valence-electron chi connectivity index (χ0n) is 7.43. The molecule has 0 saturated carbocycles. The number of allylic oxidation sites excluding steroid dienone is 3. The van der Waals surface area contributed by atoms with E-state index in [4.69, 9.17) is 4.55 Å². The second-order valence-electron chi connectivity index (χ2n) is 3.33. The summed E-state index contributed by atoms with van der Waals surface area (Å²) in [6.07, 6.45) is 4.20. The molecule has 0 saturated heterocycles. The van der Waals surface area contributed by atoms with Crippen LogP contribution in [0.5, 0.6) is 0 Å². The minimum Gasteiger partial charge on any atom is -0.512 e. The molecule has 5 heteroatoms. The van der Waals surface area contributed by atoms with Crippen LogP contribution in [0.3, 0.4) is 0 Å².